The van der Waals surface area contributed by atoms with Gasteiger partial charge in [-0.15, -0.1) is 0 Å². The molecule has 1 aliphatic carbocycles. The van der Waals surface area contributed by atoms with Crippen molar-refractivity contribution in [2.24, 2.45) is 0 Å². The minimum Gasteiger partial charge on any atom is -0.465 e. The highest BCUT2D eigenvalue weighted by Crippen LogP contribution is 2.35. The summed E-state index contributed by atoms with van der Waals surface area (Å²) in [6.07, 6.45) is -0.152. The van der Waals surface area contributed by atoms with Crippen LogP contribution >= 0.6 is 23.2 Å². The summed E-state index contributed by atoms with van der Waals surface area (Å²) in [5.41, 5.74) is -0.156. The Labute approximate surface area is 119 Å². The second-order valence-electron chi connectivity index (χ2n) is 4.44. The molecule has 7 heteroatoms. The van der Waals surface area contributed by atoms with E-state index in [4.69, 9.17) is 28.3 Å². The number of benzene rings is 1. The van der Waals surface area contributed by atoms with E-state index in [0.717, 1.165) is 5.56 Å². The van der Waals surface area contributed by atoms with Crippen LogP contribution in [-0.4, -0.2) is 22.6 Å². The van der Waals surface area contributed by atoms with Crippen molar-refractivity contribution in [2.45, 2.75) is 24.9 Å². The summed E-state index contributed by atoms with van der Waals surface area (Å²) in [5, 5.41) is 14.5. The van der Waals surface area contributed by atoms with Crippen LogP contribution in [0.3, 0.4) is 0 Å². The van der Waals surface area contributed by atoms with Gasteiger partial charge in [0.25, 0.3) is 0 Å². The average molecular weight is 303 g/mol. The third-order valence-corrected chi connectivity index (χ3v) is 3.71. The van der Waals surface area contributed by atoms with Crippen molar-refractivity contribution in [3.8, 4) is 0 Å². The molecule has 1 saturated carbocycles. The van der Waals surface area contributed by atoms with Crippen molar-refractivity contribution in [3.05, 3.63) is 33.8 Å². The molecular formula is C12H12Cl2N2O3. The van der Waals surface area contributed by atoms with Crippen LogP contribution < -0.4 is 10.6 Å². The van der Waals surface area contributed by atoms with Gasteiger partial charge in [-0.3, -0.25) is 4.79 Å². The number of amides is 2. The number of carbonyl (C=O) groups is 2. The van der Waals surface area contributed by atoms with Gasteiger partial charge in [0.1, 0.15) is 5.54 Å². The fourth-order valence-electron chi connectivity index (χ4n) is 1.74. The number of hydrogen-bond acceptors (Lipinski definition) is 2. The van der Waals surface area contributed by atoms with E-state index in [-0.39, 0.29) is 12.5 Å². The van der Waals surface area contributed by atoms with Gasteiger partial charge in [0.15, 0.2) is 0 Å². The van der Waals surface area contributed by atoms with E-state index >= 15 is 0 Å². The Morgan fingerprint density at radius 1 is 1.26 bits per heavy atom. The van der Waals surface area contributed by atoms with E-state index in [9.17, 15) is 9.59 Å². The smallest absolute Gasteiger partial charge is 0.405 e. The summed E-state index contributed by atoms with van der Waals surface area (Å²) in [7, 11) is 0. The highest BCUT2D eigenvalue weighted by molar-refractivity contribution is 6.42. The van der Waals surface area contributed by atoms with Crippen LogP contribution in [0.25, 0.3) is 0 Å². The average Bonchev–Trinajstić information content (AvgIpc) is 3.10. The summed E-state index contributed by atoms with van der Waals surface area (Å²) < 4.78 is 0. The Hall–Kier alpha value is -1.46. The van der Waals surface area contributed by atoms with Gasteiger partial charge < -0.3 is 15.7 Å². The fraction of sp³-hybridized carbons (Fsp3) is 0.333. The maximum atomic E-state index is 11.9. The molecule has 0 saturated heterocycles. The number of carbonyl (C=O) groups excluding carboxylic acids is 1. The van der Waals surface area contributed by atoms with Crippen LogP contribution in [0.5, 0.6) is 0 Å². The van der Waals surface area contributed by atoms with Crippen molar-refractivity contribution in [1.29, 1.82) is 0 Å². The van der Waals surface area contributed by atoms with Gasteiger partial charge in [-0.05, 0) is 30.5 Å². The monoisotopic (exact) mass is 302 g/mol. The lowest BCUT2D eigenvalue weighted by Crippen LogP contribution is -2.48. The number of rotatable bonds is 4. The number of halogens is 2. The zero-order chi connectivity index (χ0) is 14.0. The Morgan fingerprint density at radius 3 is 2.47 bits per heavy atom. The topological polar surface area (TPSA) is 78.4 Å². The van der Waals surface area contributed by atoms with Crippen molar-refractivity contribution in [3.63, 3.8) is 0 Å². The van der Waals surface area contributed by atoms with Crippen molar-refractivity contribution in [2.75, 3.05) is 0 Å². The highest BCUT2D eigenvalue weighted by atomic mass is 35.5. The molecule has 19 heavy (non-hydrogen) atoms. The zero-order valence-corrected chi connectivity index (χ0v) is 11.4. The lowest BCUT2D eigenvalue weighted by atomic mass is 10.2. The molecule has 3 N–H and O–H groups in total. The highest BCUT2D eigenvalue weighted by Gasteiger charge is 2.51. The number of nitrogens with one attached hydrogen (secondary N) is 2. The lowest BCUT2D eigenvalue weighted by molar-refractivity contribution is -0.124. The first-order chi connectivity index (χ1) is 8.93. The predicted octanol–water partition coefficient (Wildman–Crippen LogP) is 2.41. The summed E-state index contributed by atoms with van der Waals surface area (Å²) in [5.74, 6) is -0.319. The molecule has 2 rings (SSSR count). The predicted molar refractivity (Wildman–Crippen MR) is 71.4 cm³/mol. The van der Waals surface area contributed by atoms with Gasteiger partial charge in [0.05, 0.1) is 10.0 Å². The van der Waals surface area contributed by atoms with Crippen LogP contribution in [-0.2, 0) is 11.3 Å². The molecule has 0 radical (unpaired) electrons. The molecule has 0 unspecified atom stereocenters. The van der Waals surface area contributed by atoms with Crippen molar-refractivity contribution < 1.29 is 14.7 Å². The van der Waals surface area contributed by atoms with Gasteiger partial charge in [-0.25, -0.2) is 4.79 Å². The van der Waals surface area contributed by atoms with Gasteiger partial charge in [0, 0.05) is 6.54 Å². The maximum absolute atomic E-state index is 11.9. The third-order valence-electron chi connectivity index (χ3n) is 2.97. The van der Waals surface area contributed by atoms with Gasteiger partial charge in [-0.1, -0.05) is 29.3 Å². The van der Waals surface area contributed by atoms with E-state index in [1.807, 2.05) is 0 Å². The van der Waals surface area contributed by atoms with Crippen molar-refractivity contribution >= 4 is 35.2 Å². The Bertz CT molecular complexity index is 530. The van der Waals surface area contributed by atoms with Gasteiger partial charge in [0.2, 0.25) is 5.91 Å². The summed E-state index contributed by atoms with van der Waals surface area (Å²) in [6.45, 7) is 0.277. The van der Waals surface area contributed by atoms with E-state index in [0.29, 0.717) is 22.9 Å². The maximum Gasteiger partial charge on any atom is 0.405 e. The molecule has 5 nitrogen and oxygen atoms in total. The number of hydrogen-bond donors (Lipinski definition) is 3. The molecule has 1 aromatic carbocycles. The number of carboxylic acid groups (broad SMARTS) is 1. The standard InChI is InChI=1S/C12H12Cl2N2O3/c13-8-2-1-7(5-9(8)14)6-15-10(17)12(3-4-12)16-11(18)19/h1-2,5,16H,3-4,6H2,(H,15,17)(H,18,19). The molecule has 102 valence electrons. The van der Waals surface area contributed by atoms with Crippen LogP contribution in [0.15, 0.2) is 18.2 Å². The molecule has 0 atom stereocenters. The van der Waals surface area contributed by atoms with Crippen LogP contribution in [0.2, 0.25) is 10.0 Å². The Balaban J connectivity index is 1.93. The molecule has 2 amide bonds. The zero-order valence-electron chi connectivity index (χ0n) is 9.87. The molecule has 0 heterocycles. The van der Waals surface area contributed by atoms with Crippen LogP contribution in [0, 0.1) is 0 Å². The minimum absolute atomic E-state index is 0.277. The minimum atomic E-state index is -1.19. The summed E-state index contributed by atoms with van der Waals surface area (Å²) in [6, 6.07) is 5.06. The molecule has 0 aromatic heterocycles. The fourth-order valence-corrected chi connectivity index (χ4v) is 2.06. The van der Waals surface area contributed by atoms with Crippen molar-refractivity contribution in [1.82, 2.24) is 10.6 Å². The van der Waals surface area contributed by atoms with Crippen LogP contribution in [0.4, 0.5) is 4.79 Å². The van der Waals surface area contributed by atoms with E-state index < -0.39 is 11.6 Å². The van der Waals surface area contributed by atoms with E-state index in [1.54, 1.807) is 18.2 Å². The summed E-state index contributed by atoms with van der Waals surface area (Å²) >= 11 is 11.7. The summed E-state index contributed by atoms with van der Waals surface area (Å²) in [4.78, 5) is 22.5. The van der Waals surface area contributed by atoms with E-state index in [1.165, 1.54) is 0 Å². The largest absolute Gasteiger partial charge is 0.465 e. The van der Waals surface area contributed by atoms with E-state index in [2.05, 4.69) is 10.6 Å². The second-order valence-corrected chi connectivity index (χ2v) is 5.26. The molecule has 1 aliphatic rings. The molecule has 1 fully saturated rings. The first kappa shape index (κ1) is 14.0. The molecular weight excluding hydrogens is 291 g/mol. The first-order valence-electron chi connectivity index (χ1n) is 5.66. The van der Waals surface area contributed by atoms with Gasteiger partial charge in [-0.2, -0.15) is 0 Å². The first-order valence-corrected chi connectivity index (χ1v) is 6.42. The lowest BCUT2D eigenvalue weighted by Gasteiger charge is -2.15. The second kappa shape index (κ2) is 5.27. The SMILES string of the molecule is O=C(O)NC1(C(=O)NCc2ccc(Cl)c(Cl)c2)CC1. The molecule has 1 aromatic rings. The normalized spacial score (nSPS) is 15.7. The molecule has 0 bridgehead atoms. The Morgan fingerprint density at radius 2 is 1.95 bits per heavy atom. The molecule has 0 aliphatic heterocycles. The Kier molecular flexibility index (Phi) is 3.87. The quantitative estimate of drug-likeness (QED) is 0.799. The van der Waals surface area contributed by atoms with Crippen LogP contribution in [0.1, 0.15) is 18.4 Å². The third kappa shape index (κ3) is 3.30. The van der Waals surface area contributed by atoms with Gasteiger partial charge >= 0.3 is 6.09 Å². The molecule has 0 spiro atoms.